The molecule has 1 N–H and O–H groups in total. The Morgan fingerprint density at radius 1 is 1.53 bits per heavy atom. The number of halogens is 1. The van der Waals surface area contributed by atoms with E-state index in [-0.39, 0.29) is 18.3 Å². The fourth-order valence-electron chi connectivity index (χ4n) is 2.42. The first kappa shape index (κ1) is 14.2. The molecule has 1 aliphatic heterocycles. The van der Waals surface area contributed by atoms with Gasteiger partial charge in [0.1, 0.15) is 0 Å². The summed E-state index contributed by atoms with van der Waals surface area (Å²) in [7, 11) is 0. The van der Waals surface area contributed by atoms with Crippen molar-refractivity contribution in [3.63, 3.8) is 0 Å². The predicted molar refractivity (Wildman–Crippen MR) is 75.3 cm³/mol. The summed E-state index contributed by atoms with van der Waals surface area (Å²) < 4.78 is 0.582. The zero-order valence-corrected chi connectivity index (χ0v) is 12.0. The van der Waals surface area contributed by atoms with Crippen molar-refractivity contribution in [2.45, 2.75) is 31.7 Å². The van der Waals surface area contributed by atoms with Crippen LogP contribution >= 0.6 is 15.9 Å². The Balaban J connectivity index is 2.40. The van der Waals surface area contributed by atoms with Crippen LogP contribution in [0.15, 0.2) is 16.7 Å². The molecule has 2 rings (SSSR count). The molecule has 0 radical (unpaired) electrons. The van der Waals surface area contributed by atoms with Gasteiger partial charge < -0.3 is 10.0 Å². The molecule has 1 unspecified atom stereocenters. The average molecular weight is 330 g/mol. The first-order valence-corrected chi connectivity index (χ1v) is 7.10. The third-order valence-electron chi connectivity index (χ3n) is 3.37. The lowest BCUT2D eigenvalue weighted by molar-refractivity contribution is -0.384. The van der Waals surface area contributed by atoms with Gasteiger partial charge in [0.25, 0.3) is 0 Å². The van der Waals surface area contributed by atoms with Crippen molar-refractivity contribution >= 4 is 27.4 Å². The van der Waals surface area contributed by atoms with E-state index in [2.05, 4.69) is 20.9 Å². The molecule has 1 atom stereocenters. The van der Waals surface area contributed by atoms with Crippen molar-refractivity contribution in [2.75, 3.05) is 18.1 Å². The summed E-state index contributed by atoms with van der Waals surface area (Å²) in [4.78, 5) is 16.8. The van der Waals surface area contributed by atoms with E-state index in [1.54, 1.807) is 6.20 Å². The number of nitrogens with zero attached hydrogens (tertiary/aromatic N) is 3. The first-order chi connectivity index (χ1) is 9.13. The van der Waals surface area contributed by atoms with Gasteiger partial charge in [-0.3, -0.25) is 10.1 Å². The quantitative estimate of drug-likeness (QED) is 0.680. The van der Waals surface area contributed by atoms with Crippen LogP contribution in [-0.4, -0.2) is 34.2 Å². The van der Waals surface area contributed by atoms with E-state index >= 15 is 0 Å². The monoisotopic (exact) mass is 329 g/mol. The van der Waals surface area contributed by atoms with Crippen LogP contribution in [0.25, 0.3) is 0 Å². The SMILES string of the molecule is O=[N+]([O-])c1cc(Br)cnc1N1CCCCCC1CO. The molecule has 6 nitrogen and oxygen atoms in total. The molecule has 0 bridgehead atoms. The lowest BCUT2D eigenvalue weighted by Gasteiger charge is -2.29. The fourth-order valence-corrected chi connectivity index (χ4v) is 2.74. The molecule has 0 amide bonds. The van der Waals surface area contributed by atoms with Crippen molar-refractivity contribution in [1.82, 2.24) is 4.98 Å². The summed E-state index contributed by atoms with van der Waals surface area (Å²) in [6.45, 7) is 0.690. The Morgan fingerprint density at radius 3 is 3.00 bits per heavy atom. The molecule has 0 aliphatic carbocycles. The number of aliphatic hydroxyl groups is 1. The Morgan fingerprint density at radius 2 is 2.32 bits per heavy atom. The van der Waals surface area contributed by atoms with Crippen molar-refractivity contribution in [1.29, 1.82) is 0 Å². The fraction of sp³-hybridized carbons (Fsp3) is 0.583. The maximum atomic E-state index is 11.2. The van der Waals surface area contributed by atoms with E-state index in [1.807, 2.05) is 4.90 Å². The van der Waals surface area contributed by atoms with Gasteiger partial charge in [0.15, 0.2) is 0 Å². The molecule has 0 spiro atoms. The molecular formula is C12H16BrN3O3. The van der Waals surface area contributed by atoms with E-state index in [1.165, 1.54) is 6.07 Å². The molecule has 1 aromatic rings. The minimum absolute atomic E-state index is 0.00506. The normalized spacial score (nSPS) is 20.1. The van der Waals surface area contributed by atoms with Crippen molar-refractivity contribution in [3.8, 4) is 0 Å². The third kappa shape index (κ3) is 3.22. The molecule has 0 aromatic carbocycles. The highest BCUT2D eigenvalue weighted by atomic mass is 79.9. The Kier molecular flexibility index (Phi) is 4.71. The number of nitro groups is 1. The highest BCUT2D eigenvalue weighted by Crippen LogP contribution is 2.32. The van der Waals surface area contributed by atoms with E-state index in [4.69, 9.17) is 0 Å². The second kappa shape index (κ2) is 6.29. The summed E-state index contributed by atoms with van der Waals surface area (Å²) >= 11 is 3.20. The second-order valence-corrected chi connectivity index (χ2v) is 5.55. The van der Waals surface area contributed by atoms with Crippen LogP contribution in [0, 0.1) is 10.1 Å². The van der Waals surface area contributed by atoms with Crippen LogP contribution in [-0.2, 0) is 0 Å². The highest BCUT2D eigenvalue weighted by molar-refractivity contribution is 9.10. The smallest absolute Gasteiger partial charge is 0.312 e. The Hall–Kier alpha value is -1.21. The van der Waals surface area contributed by atoms with Gasteiger partial charge in [0.2, 0.25) is 5.82 Å². The van der Waals surface area contributed by atoms with Gasteiger partial charge in [-0.25, -0.2) is 4.98 Å². The summed E-state index contributed by atoms with van der Waals surface area (Å²) in [5.41, 5.74) is -0.0188. The van der Waals surface area contributed by atoms with E-state index in [0.29, 0.717) is 16.8 Å². The Bertz CT molecular complexity index is 470. The van der Waals surface area contributed by atoms with Crippen LogP contribution in [0.5, 0.6) is 0 Å². The summed E-state index contributed by atoms with van der Waals surface area (Å²) in [6.07, 6.45) is 5.47. The largest absolute Gasteiger partial charge is 0.394 e. The molecule has 2 heterocycles. The zero-order valence-electron chi connectivity index (χ0n) is 10.5. The Labute approximate surface area is 119 Å². The molecule has 1 saturated heterocycles. The molecule has 1 aromatic heterocycles. The number of anilines is 1. The predicted octanol–water partition coefficient (Wildman–Crippen LogP) is 2.49. The molecular weight excluding hydrogens is 314 g/mol. The maximum absolute atomic E-state index is 11.2. The zero-order chi connectivity index (χ0) is 13.8. The van der Waals surface area contributed by atoms with E-state index < -0.39 is 4.92 Å². The molecule has 19 heavy (non-hydrogen) atoms. The van der Waals surface area contributed by atoms with E-state index in [9.17, 15) is 15.2 Å². The number of hydrogen-bond donors (Lipinski definition) is 1. The van der Waals surface area contributed by atoms with E-state index in [0.717, 1.165) is 25.7 Å². The van der Waals surface area contributed by atoms with Crippen LogP contribution in [0.1, 0.15) is 25.7 Å². The topological polar surface area (TPSA) is 79.5 Å². The molecule has 104 valence electrons. The minimum Gasteiger partial charge on any atom is -0.394 e. The minimum atomic E-state index is -0.424. The second-order valence-electron chi connectivity index (χ2n) is 4.63. The standard InChI is InChI=1S/C12H16BrN3O3/c13-9-6-11(16(18)19)12(14-7-9)15-5-3-1-2-4-10(15)8-17/h6-7,10,17H,1-5,8H2. The van der Waals surface area contributed by atoms with Gasteiger partial charge in [0.05, 0.1) is 17.6 Å². The number of hydrogen-bond acceptors (Lipinski definition) is 5. The summed E-state index contributed by atoms with van der Waals surface area (Å²) in [5, 5.41) is 20.6. The summed E-state index contributed by atoms with van der Waals surface area (Å²) in [5.74, 6) is 0.356. The van der Waals surface area contributed by atoms with Crippen LogP contribution in [0.3, 0.4) is 0 Å². The van der Waals surface area contributed by atoms with Gasteiger partial charge in [-0.15, -0.1) is 0 Å². The number of rotatable bonds is 3. The molecule has 0 saturated carbocycles. The van der Waals surface area contributed by atoms with Gasteiger partial charge in [0, 0.05) is 23.3 Å². The lowest BCUT2D eigenvalue weighted by atomic mass is 10.1. The van der Waals surface area contributed by atoms with Crippen LogP contribution in [0.2, 0.25) is 0 Å². The lowest BCUT2D eigenvalue weighted by Crippen LogP contribution is -2.38. The van der Waals surface area contributed by atoms with Crippen molar-refractivity contribution in [3.05, 3.63) is 26.9 Å². The van der Waals surface area contributed by atoms with Gasteiger partial charge in [-0.1, -0.05) is 12.8 Å². The highest BCUT2D eigenvalue weighted by Gasteiger charge is 2.28. The van der Waals surface area contributed by atoms with Gasteiger partial charge >= 0.3 is 5.69 Å². The first-order valence-electron chi connectivity index (χ1n) is 6.31. The van der Waals surface area contributed by atoms with Gasteiger partial charge in [-0.2, -0.15) is 0 Å². The van der Waals surface area contributed by atoms with Crippen LogP contribution in [0.4, 0.5) is 11.5 Å². The van der Waals surface area contributed by atoms with Crippen molar-refractivity contribution < 1.29 is 10.0 Å². The number of pyridine rings is 1. The molecule has 7 heteroatoms. The summed E-state index contributed by atoms with van der Waals surface area (Å²) in [6, 6.07) is 1.37. The number of aromatic nitrogens is 1. The van der Waals surface area contributed by atoms with Gasteiger partial charge in [-0.05, 0) is 28.8 Å². The average Bonchev–Trinajstić information content (AvgIpc) is 2.63. The van der Waals surface area contributed by atoms with Crippen molar-refractivity contribution in [2.24, 2.45) is 0 Å². The molecule has 1 fully saturated rings. The third-order valence-corrected chi connectivity index (χ3v) is 3.80. The maximum Gasteiger partial charge on any atom is 0.312 e. The molecule has 1 aliphatic rings. The van der Waals surface area contributed by atoms with Crippen LogP contribution < -0.4 is 4.90 Å². The number of aliphatic hydroxyl groups excluding tert-OH is 1.